The topological polar surface area (TPSA) is 198 Å². The summed E-state index contributed by atoms with van der Waals surface area (Å²) in [4.78, 5) is 48.3. The summed E-state index contributed by atoms with van der Waals surface area (Å²) in [7, 11) is 0. The molecule has 0 unspecified atom stereocenters. The van der Waals surface area contributed by atoms with Crippen molar-refractivity contribution < 1.29 is 19.4 Å². The zero-order valence-electron chi connectivity index (χ0n) is 18.4. The molecule has 0 saturated carbocycles. The number of para-hydroxylation sites is 1. The van der Waals surface area contributed by atoms with Crippen molar-refractivity contribution in [2.24, 2.45) is 5.10 Å². The minimum Gasteiger partial charge on any atom is -0.358 e. The van der Waals surface area contributed by atoms with E-state index in [0.717, 1.165) is 45.6 Å². The number of hydrogen-bond donors (Lipinski definition) is 3. The van der Waals surface area contributed by atoms with Crippen LogP contribution in [-0.2, 0) is 11.2 Å². The lowest BCUT2D eigenvalue weighted by Crippen LogP contribution is -2.19. The normalized spacial score (nSPS) is 11.0. The lowest BCUT2D eigenvalue weighted by molar-refractivity contribution is -0.394. The molecule has 0 spiro atoms. The van der Waals surface area contributed by atoms with Gasteiger partial charge in [0.25, 0.3) is 17.3 Å². The summed E-state index contributed by atoms with van der Waals surface area (Å²) in [5, 5.41) is 37.2. The van der Waals surface area contributed by atoms with Crippen LogP contribution in [-0.4, -0.2) is 43.1 Å². The van der Waals surface area contributed by atoms with E-state index in [0.29, 0.717) is 6.07 Å². The van der Waals surface area contributed by atoms with Crippen LogP contribution in [0.3, 0.4) is 0 Å². The van der Waals surface area contributed by atoms with Crippen molar-refractivity contribution in [3.8, 4) is 0 Å². The van der Waals surface area contributed by atoms with Gasteiger partial charge in [-0.25, -0.2) is 5.43 Å². The molecule has 2 amide bonds. The molecule has 182 valence electrons. The number of hydrogen-bond acceptors (Lipinski definition) is 10. The molecule has 2 aromatic heterocycles. The third kappa shape index (κ3) is 5.20. The van der Waals surface area contributed by atoms with E-state index in [4.69, 9.17) is 0 Å². The second-order valence-electron chi connectivity index (χ2n) is 7.35. The highest BCUT2D eigenvalue weighted by Gasteiger charge is 2.25. The number of anilines is 1. The zero-order chi connectivity index (χ0) is 25.8. The first-order chi connectivity index (χ1) is 17.2. The third-order valence-corrected chi connectivity index (χ3v) is 5.80. The Morgan fingerprint density at radius 1 is 1.14 bits per heavy atom. The Labute approximate surface area is 205 Å². The largest absolute Gasteiger partial charge is 0.358 e. The summed E-state index contributed by atoms with van der Waals surface area (Å²) < 4.78 is 0. The van der Waals surface area contributed by atoms with E-state index in [2.05, 4.69) is 31.0 Å². The van der Waals surface area contributed by atoms with Crippen molar-refractivity contribution >= 4 is 56.8 Å². The third-order valence-electron chi connectivity index (χ3n) is 4.96. The zero-order valence-corrected chi connectivity index (χ0v) is 19.2. The van der Waals surface area contributed by atoms with Gasteiger partial charge in [-0.1, -0.05) is 29.5 Å². The van der Waals surface area contributed by atoms with Crippen LogP contribution < -0.4 is 10.7 Å². The second kappa shape index (κ2) is 10.1. The molecular weight excluding hydrogens is 492 g/mol. The number of non-ortho nitro benzene ring substituents is 1. The minimum absolute atomic E-state index is 0.00614. The number of amides is 2. The van der Waals surface area contributed by atoms with Crippen molar-refractivity contribution in [3.63, 3.8) is 0 Å². The van der Waals surface area contributed by atoms with E-state index in [1.807, 2.05) is 31.2 Å². The fraction of sp³-hybridized carbons (Fsp3) is 0.0952. The summed E-state index contributed by atoms with van der Waals surface area (Å²) in [6, 6.07) is 10.3. The lowest BCUT2D eigenvalue weighted by Gasteiger charge is -2.02. The Bertz CT molecular complexity index is 1540. The van der Waals surface area contributed by atoms with Gasteiger partial charge in [0.1, 0.15) is 10.6 Å². The highest BCUT2D eigenvalue weighted by Crippen LogP contribution is 2.26. The number of nitrogens with zero attached hydrogens (tertiary/aromatic N) is 5. The number of rotatable bonds is 8. The summed E-state index contributed by atoms with van der Waals surface area (Å²) >= 11 is 0.892. The van der Waals surface area contributed by atoms with Crippen molar-refractivity contribution in [1.82, 2.24) is 20.6 Å². The Morgan fingerprint density at radius 2 is 1.92 bits per heavy atom. The molecule has 15 heteroatoms. The molecule has 0 saturated heterocycles. The minimum atomic E-state index is -0.901. The number of aromatic nitrogens is 3. The Morgan fingerprint density at radius 3 is 2.67 bits per heavy atom. The van der Waals surface area contributed by atoms with Crippen LogP contribution >= 0.6 is 11.3 Å². The highest BCUT2D eigenvalue weighted by atomic mass is 32.1. The first-order valence-corrected chi connectivity index (χ1v) is 11.0. The maximum atomic E-state index is 12.5. The lowest BCUT2D eigenvalue weighted by atomic mass is 10.1. The van der Waals surface area contributed by atoms with E-state index in [1.165, 1.54) is 6.21 Å². The molecule has 4 aromatic rings. The van der Waals surface area contributed by atoms with Crippen molar-refractivity contribution in [2.75, 3.05) is 5.32 Å². The van der Waals surface area contributed by atoms with Crippen LogP contribution in [0, 0.1) is 27.2 Å². The van der Waals surface area contributed by atoms with Crippen LogP contribution in [0.25, 0.3) is 10.9 Å². The molecule has 0 aliphatic heterocycles. The van der Waals surface area contributed by atoms with Crippen LogP contribution in [0.15, 0.2) is 47.6 Å². The Hall–Kier alpha value is -5.05. The molecule has 14 nitrogen and oxygen atoms in total. The number of aryl methyl sites for hydroxylation is 1. The smallest absolute Gasteiger partial charge is 0.289 e. The molecule has 0 aliphatic carbocycles. The molecule has 0 radical (unpaired) electrons. The predicted octanol–water partition coefficient (Wildman–Crippen LogP) is 3.09. The van der Waals surface area contributed by atoms with Gasteiger partial charge in [0.15, 0.2) is 0 Å². The van der Waals surface area contributed by atoms with Crippen LogP contribution in [0.2, 0.25) is 0 Å². The number of carbonyl (C=O) groups is 2. The van der Waals surface area contributed by atoms with Gasteiger partial charge in [-0.15, -0.1) is 10.2 Å². The number of nitro benzene ring substituents is 2. The van der Waals surface area contributed by atoms with E-state index in [9.17, 15) is 29.8 Å². The van der Waals surface area contributed by atoms with Crippen LogP contribution in [0.5, 0.6) is 0 Å². The van der Waals surface area contributed by atoms with E-state index < -0.39 is 33.0 Å². The SMILES string of the molecule is Cc1[nH]c2ccccc2c1/C=N\NC(=O)Cc1nnc(NC(=O)c2ccc([N+](=O)[O-])cc2[N+](=O)[O-])s1. The highest BCUT2D eigenvalue weighted by molar-refractivity contribution is 7.15. The molecule has 0 bridgehead atoms. The average molecular weight is 508 g/mol. The van der Waals surface area contributed by atoms with E-state index >= 15 is 0 Å². The standard InChI is InChI=1S/C21H16N8O6S/c1-11-15(13-4-2-3-5-16(13)23-11)10-22-25-18(30)9-19-26-27-21(36-19)24-20(31)14-7-6-12(28(32)33)8-17(14)29(34)35/h2-8,10,23H,9H2,1H3,(H,25,30)(H,24,27,31)/b22-10-. The van der Waals surface area contributed by atoms with Crippen molar-refractivity contribution in [2.45, 2.75) is 13.3 Å². The maximum absolute atomic E-state index is 12.5. The molecular formula is C21H16N8O6S. The molecule has 4 rings (SSSR count). The predicted molar refractivity (Wildman–Crippen MR) is 130 cm³/mol. The fourth-order valence-corrected chi connectivity index (χ4v) is 4.06. The number of carbonyl (C=O) groups excluding carboxylic acids is 2. The first-order valence-electron chi connectivity index (χ1n) is 10.2. The number of aromatic amines is 1. The van der Waals surface area contributed by atoms with Gasteiger partial charge in [-0.3, -0.25) is 35.1 Å². The van der Waals surface area contributed by atoms with Crippen LogP contribution in [0.4, 0.5) is 16.5 Å². The van der Waals surface area contributed by atoms with E-state index in [-0.39, 0.29) is 22.1 Å². The number of nitrogens with one attached hydrogen (secondary N) is 3. The first kappa shape index (κ1) is 24.1. The van der Waals surface area contributed by atoms with Gasteiger partial charge in [0.2, 0.25) is 11.0 Å². The molecule has 0 atom stereocenters. The molecule has 3 N–H and O–H groups in total. The van der Waals surface area contributed by atoms with Crippen molar-refractivity contribution in [3.05, 3.63) is 84.5 Å². The van der Waals surface area contributed by atoms with Gasteiger partial charge in [-0.2, -0.15) is 5.10 Å². The second-order valence-corrected chi connectivity index (χ2v) is 8.41. The van der Waals surface area contributed by atoms with Crippen LogP contribution in [0.1, 0.15) is 26.6 Å². The fourth-order valence-electron chi connectivity index (χ4n) is 3.33. The molecule has 0 fully saturated rings. The van der Waals surface area contributed by atoms with Gasteiger partial charge in [-0.05, 0) is 19.1 Å². The molecule has 2 heterocycles. The number of hydrazone groups is 1. The van der Waals surface area contributed by atoms with Gasteiger partial charge < -0.3 is 4.98 Å². The Balaban J connectivity index is 1.38. The number of H-pyrrole nitrogens is 1. The summed E-state index contributed by atoms with van der Waals surface area (Å²) in [6.45, 7) is 1.89. The number of nitro groups is 2. The summed E-state index contributed by atoms with van der Waals surface area (Å²) in [5.74, 6) is -1.37. The van der Waals surface area contributed by atoms with E-state index in [1.54, 1.807) is 0 Å². The summed E-state index contributed by atoms with van der Waals surface area (Å²) in [6.07, 6.45) is 1.37. The average Bonchev–Trinajstić information content (AvgIpc) is 3.41. The number of benzene rings is 2. The number of fused-ring (bicyclic) bond motifs is 1. The quantitative estimate of drug-likeness (QED) is 0.183. The molecule has 2 aromatic carbocycles. The van der Waals surface area contributed by atoms with Gasteiger partial charge >= 0.3 is 0 Å². The Kier molecular flexibility index (Phi) is 6.73. The monoisotopic (exact) mass is 508 g/mol. The molecule has 36 heavy (non-hydrogen) atoms. The molecule has 0 aliphatic rings. The van der Waals surface area contributed by atoms with Gasteiger partial charge in [0.05, 0.1) is 28.5 Å². The maximum Gasteiger partial charge on any atom is 0.289 e. The summed E-state index contributed by atoms with van der Waals surface area (Å²) in [5.41, 5.74) is 3.46. The van der Waals surface area contributed by atoms with Gasteiger partial charge in [0, 0.05) is 28.2 Å². The van der Waals surface area contributed by atoms with Crippen molar-refractivity contribution in [1.29, 1.82) is 0 Å².